The summed E-state index contributed by atoms with van der Waals surface area (Å²) in [7, 11) is 0. The van der Waals surface area contributed by atoms with E-state index in [1.165, 1.54) is 22.3 Å². The third kappa shape index (κ3) is 4.44. The number of aryl methyl sites for hydroxylation is 2. The minimum Gasteiger partial charge on any atom is -0.371 e. The number of fused-ring (bicyclic) bond motifs is 1. The monoisotopic (exact) mass is 409 g/mol. The van der Waals surface area contributed by atoms with Crippen LogP contribution in [0.2, 0.25) is 0 Å². The average molecular weight is 410 g/mol. The van der Waals surface area contributed by atoms with Gasteiger partial charge in [-0.2, -0.15) is 10.4 Å². The van der Waals surface area contributed by atoms with Crippen molar-refractivity contribution < 1.29 is 0 Å². The SMILES string of the molecule is C=C1CCc2cc(CCN(Cc3cnn(-c4cc(C)c(C#N)cn4)c3)C(=C)C)ccc21. The molecule has 31 heavy (non-hydrogen) atoms. The summed E-state index contributed by atoms with van der Waals surface area (Å²) in [6, 6.07) is 10.8. The number of benzene rings is 1. The van der Waals surface area contributed by atoms with Crippen molar-refractivity contribution in [2.24, 2.45) is 0 Å². The quantitative estimate of drug-likeness (QED) is 0.552. The number of aromatic nitrogens is 3. The van der Waals surface area contributed by atoms with Gasteiger partial charge in [-0.15, -0.1) is 0 Å². The molecule has 1 aliphatic rings. The van der Waals surface area contributed by atoms with E-state index >= 15 is 0 Å². The molecule has 0 bridgehead atoms. The van der Waals surface area contributed by atoms with Gasteiger partial charge >= 0.3 is 0 Å². The predicted octanol–water partition coefficient (Wildman–Crippen LogP) is 4.99. The van der Waals surface area contributed by atoms with Crippen LogP contribution >= 0.6 is 0 Å². The third-order valence-electron chi connectivity index (χ3n) is 5.92. The molecule has 2 aromatic heterocycles. The average Bonchev–Trinajstić information content (AvgIpc) is 3.37. The van der Waals surface area contributed by atoms with E-state index in [-0.39, 0.29) is 0 Å². The Kier molecular flexibility index (Phi) is 5.73. The lowest BCUT2D eigenvalue weighted by atomic mass is 10.0. The summed E-state index contributed by atoms with van der Waals surface area (Å²) in [6.07, 6.45) is 8.61. The molecule has 5 nitrogen and oxygen atoms in total. The van der Waals surface area contributed by atoms with Crippen molar-refractivity contribution in [3.63, 3.8) is 0 Å². The fourth-order valence-corrected chi connectivity index (χ4v) is 4.01. The van der Waals surface area contributed by atoms with Crippen LogP contribution in [0.4, 0.5) is 0 Å². The maximum Gasteiger partial charge on any atom is 0.153 e. The van der Waals surface area contributed by atoms with Crippen LogP contribution in [0, 0.1) is 18.3 Å². The minimum atomic E-state index is 0.584. The van der Waals surface area contributed by atoms with Crippen LogP contribution in [0.1, 0.15) is 46.7 Å². The molecular formula is C26H27N5. The van der Waals surface area contributed by atoms with E-state index in [1.807, 2.05) is 32.3 Å². The Morgan fingerprint density at radius 3 is 2.81 bits per heavy atom. The van der Waals surface area contributed by atoms with Gasteiger partial charge in [0.15, 0.2) is 5.82 Å². The lowest BCUT2D eigenvalue weighted by molar-refractivity contribution is 0.343. The first-order chi connectivity index (χ1) is 14.9. The fraction of sp³-hybridized carbons (Fsp3) is 0.269. The molecule has 0 spiro atoms. The van der Waals surface area contributed by atoms with Crippen LogP contribution < -0.4 is 0 Å². The van der Waals surface area contributed by atoms with E-state index in [4.69, 9.17) is 5.26 Å². The van der Waals surface area contributed by atoms with Crippen molar-refractivity contribution in [2.45, 2.75) is 39.7 Å². The molecule has 0 amide bonds. The van der Waals surface area contributed by atoms with Gasteiger partial charge < -0.3 is 4.90 Å². The van der Waals surface area contributed by atoms with Crippen molar-refractivity contribution in [1.82, 2.24) is 19.7 Å². The van der Waals surface area contributed by atoms with Crippen molar-refractivity contribution in [2.75, 3.05) is 6.54 Å². The van der Waals surface area contributed by atoms with Gasteiger partial charge in [-0.25, -0.2) is 9.67 Å². The molecule has 3 aromatic rings. The van der Waals surface area contributed by atoms with Crippen LogP contribution in [0.5, 0.6) is 0 Å². The molecule has 0 atom stereocenters. The van der Waals surface area contributed by atoms with Gasteiger partial charge in [-0.1, -0.05) is 31.4 Å². The second kappa shape index (κ2) is 8.61. The van der Waals surface area contributed by atoms with E-state index in [9.17, 15) is 0 Å². The molecule has 0 radical (unpaired) electrons. The Morgan fingerprint density at radius 1 is 1.23 bits per heavy atom. The topological polar surface area (TPSA) is 57.7 Å². The summed E-state index contributed by atoms with van der Waals surface area (Å²) in [5, 5.41) is 13.6. The predicted molar refractivity (Wildman–Crippen MR) is 124 cm³/mol. The van der Waals surface area contributed by atoms with Gasteiger partial charge in [0.25, 0.3) is 0 Å². The summed E-state index contributed by atoms with van der Waals surface area (Å²) in [5.41, 5.74) is 8.98. The highest BCUT2D eigenvalue weighted by molar-refractivity contribution is 5.71. The first kappa shape index (κ1) is 20.6. The Balaban J connectivity index is 1.43. The molecule has 0 saturated heterocycles. The van der Waals surface area contributed by atoms with E-state index in [0.717, 1.165) is 49.2 Å². The fourth-order valence-electron chi connectivity index (χ4n) is 4.01. The van der Waals surface area contributed by atoms with E-state index in [0.29, 0.717) is 11.4 Å². The zero-order valence-corrected chi connectivity index (χ0v) is 18.2. The first-order valence-corrected chi connectivity index (χ1v) is 10.6. The number of nitrogens with zero attached hydrogens (tertiary/aromatic N) is 5. The van der Waals surface area contributed by atoms with Crippen LogP contribution in [0.3, 0.4) is 0 Å². The molecule has 0 saturated carbocycles. The highest BCUT2D eigenvalue weighted by Crippen LogP contribution is 2.31. The van der Waals surface area contributed by atoms with Gasteiger partial charge in [0.2, 0.25) is 0 Å². The number of allylic oxidation sites excluding steroid dienone is 2. The summed E-state index contributed by atoms with van der Waals surface area (Å²) < 4.78 is 1.76. The standard InChI is InChI=1S/C26H27N5/c1-18(2)30(10-9-21-6-8-25-19(3)5-7-23(25)12-21)16-22-14-29-31(17-22)26-11-20(4)24(13-27)15-28-26/h6,8,11-12,14-15,17H,1,3,5,7,9-10,16H2,2,4H3. The van der Waals surface area contributed by atoms with E-state index in [2.05, 4.69) is 52.4 Å². The van der Waals surface area contributed by atoms with Gasteiger partial charge in [-0.3, -0.25) is 0 Å². The molecule has 0 aliphatic heterocycles. The van der Waals surface area contributed by atoms with Crippen LogP contribution in [0.25, 0.3) is 11.4 Å². The number of nitriles is 1. The summed E-state index contributed by atoms with van der Waals surface area (Å²) in [5.74, 6) is 0.712. The molecular weight excluding hydrogens is 382 g/mol. The third-order valence-corrected chi connectivity index (χ3v) is 5.92. The summed E-state index contributed by atoms with van der Waals surface area (Å²) >= 11 is 0. The van der Waals surface area contributed by atoms with E-state index < -0.39 is 0 Å². The highest BCUT2D eigenvalue weighted by atomic mass is 15.3. The zero-order valence-electron chi connectivity index (χ0n) is 18.2. The number of pyridine rings is 1. The normalized spacial score (nSPS) is 12.5. The Morgan fingerprint density at radius 2 is 2.06 bits per heavy atom. The summed E-state index contributed by atoms with van der Waals surface area (Å²) in [6.45, 7) is 13.9. The van der Waals surface area contributed by atoms with Crippen molar-refractivity contribution in [3.05, 3.63) is 95.1 Å². The van der Waals surface area contributed by atoms with Crippen molar-refractivity contribution >= 4 is 5.57 Å². The number of hydrogen-bond acceptors (Lipinski definition) is 4. The van der Waals surface area contributed by atoms with Crippen LogP contribution in [-0.4, -0.2) is 26.2 Å². The molecule has 156 valence electrons. The lowest BCUT2D eigenvalue weighted by Crippen LogP contribution is -2.23. The van der Waals surface area contributed by atoms with Gasteiger partial charge in [0, 0.05) is 36.7 Å². The maximum atomic E-state index is 9.10. The minimum absolute atomic E-state index is 0.584. The highest BCUT2D eigenvalue weighted by Gasteiger charge is 2.15. The Hall–Kier alpha value is -3.65. The molecule has 1 aliphatic carbocycles. The van der Waals surface area contributed by atoms with Gasteiger partial charge in [0.05, 0.1) is 11.8 Å². The smallest absolute Gasteiger partial charge is 0.153 e. The largest absolute Gasteiger partial charge is 0.371 e. The molecule has 0 fully saturated rings. The van der Waals surface area contributed by atoms with Crippen LogP contribution in [-0.2, 0) is 19.4 Å². The summed E-state index contributed by atoms with van der Waals surface area (Å²) in [4.78, 5) is 6.64. The maximum absolute atomic E-state index is 9.10. The van der Waals surface area contributed by atoms with Gasteiger partial charge in [-0.05, 0) is 67.0 Å². The zero-order chi connectivity index (χ0) is 22.0. The first-order valence-electron chi connectivity index (χ1n) is 10.6. The molecule has 1 aromatic carbocycles. The molecule has 2 heterocycles. The second-order valence-corrected chi connectivity index (χ2v) is 8.26. The second-order valence-electron chi connectivity index (χ2n) is 8.26. The molecule has 4 rings (SSSR count). The lowest BCUT2D eigenvalue weighted by Gasteiger charge is -2.24. The van der Waals surface area contributed by atoms with Crippen LogP contribution in [0.15, 0.2) is 61.7 Å². The van der Waals surface area contributed by atoms with Crippen molar-refractivity contribution in [1.29, 1.82) is 5.26 Å². The molecule has 0 unspecified atom stereocenters. The van der Waals surface area contributed by atoms with E-state index in [1.54, 1.807) is 10.9 Å². The van der Waals surface area contributed by atoms with Crippen molar-refractivity contribution in [3.8, 4) is 11.9 Å². The molecule has 0 N–H and O–H groups in total. The Labute approximate surface area is 184 Å². The number of hydrogen-bond donors (Lipinski definition) is 0. The Bertz CT molecular complexity index is 1190. The molecule has 5 heteroatoms. The number of rotatable bonds is 7. The van der Waals surface area contributed by atoms with Gasteiger partial charge in [0.1, 0.15) is 6.07 Å².